The van der Waals surface area contributed by atoms with E-state index in [9.17, 15) is 11.1 Å². The molecule has 2 aliphatic heterocycles. The van der Waals surface area contributed by atoms with E-state index >= 15 is 0 Å². The molecule has 4 aromatic rings. The van der Waals surface area contributed by atoms with Crippen molar-refractivity contribution in [2.24, 2.45) is 0 Å². The van der Waals surface area contributed by atoms with Crippen LogP contribution in [-0.2, 0) is 113 Å². The number of hydrogen-bond acceptors (Lipinski definition) is 0. The molecule has 0 N–H and O–H groups in total. The molecular weight excluding hydrogens is 1950 g/mol. The van der Waals surface area contributed by atoms with Crippen LogP contribution in [-0.4, -0.2) is 9.39 Å². The van der Waals surface area contributed by atoms with Crippen LogP contribution in [0, 0.1) is 0 Å². The predicted molar refractivity (Wildman–Crippen MR) is 650 cm³/mol. The number of unbranched alkanes of at least 4 members (excludes halogenated alkanes) is 50. The summed E-state index contributed by atoms with van der Waals surface area (Å²) in [5.41, 5.74) is 58.6. The summed E-state index contributed by atoms with van der Waals surface area (Å²) in [6.45, 7) is 46.1. The Morgan fingerprint density at radius 1 is 0.151 bits per heavy atom. The summed E-state index contributed by atoms with van der Waals surface area (Å²) in [5.74, 6) is 0. The zero-order valence-electron chi connectivity index (χ0n) is 101. The van der Waals surface area contributed by atoms with E-state index in [0.29, 0.717) is 0 Å². The van der Waals surface area contributed by atoms with Gasteiger partial charge in [0.1, 0.15) is 0 Å². The first kappa shape index (κ1) is 137. The van der Waals surface area contributed by atoms with E-state index in [1.165, 1.54) is 497 Å². The molecule has 6 heteroatoms. The van der Waals surface area contributed by atoms with Crippen LogP contribution in [0.2, 0.25) is 19.6 Å². The molecule has 0 atom stereocenters. The summed E-state index contributed by atoms with van der Waals surface area (Å²) < 4.78 is 3.36. The summed E-state index contributed by atoms with van der Waals surface area (Å²) in [6.07, 6.45) is 111. The number of allylic oxidation sites excluding steroid dienone is 4. The number of rotatable bonds is 92. The van der Waals surface area contributed by atoms with Gasteiger partial charge >= 0.3 is 211 Å². The van der Waals surface area contributed by atoms with Crippen LogP contribution >= 0.6 is 0 Å². The molecule has 0 unspecified atom stereocenters. The van der Waals surface area contributed by atoms with Crippen LogP contribution in [0.25, 0.3) is 33.9 Å². The zero-order chi connectivity index (χ0) is 106. The normalized spacial score (nSPS) is 12.8. The van der Waals surface area contributed by atoms with Gasteiger partial charge in [-0.25, -0.2) is 9.39 Å². The molecular formula is C140H244N4Pd2. The van der Waals surface area contributed by atoms with Crippen molar-refractivity contribution >= 4 is 22.8 Å². The van der Waals surface area contributed by atoms with Gasteiger partial charge in [-0.2, -0.15) is 0 Å². The van der Waals surface area contributed by atoms with E-state index in [4.69, 9.17) is 0 Å². The molecule has 4 nitrogen and oxygen atoms in total. The maximum atomic E-state index is 12.8. The molecule has 0 saturated carbocycles. The van der Waals surface area contributed by atoms with Crippen LogP contribution in [0.1, 0.15) is 690 Å². The summed E-state index contributed by atoms with van der Waals surface area (Å²) >= 11 is 2.10. The van der Waals surface area contributed by atoms with E-state index in [-0.39, 0.29) is 0 Å². The van der Waals surface area contributed by atoms with Gasteiger partial charge in [-0.05, 0) is 282 Å². The van der Waals surface area contributed by atoms with E-state index in [1.54, 1.807) is 41.4 Å². The zero-order valence-corrected chi connectivity index (χ0v) is 104. The first-order valence-corrected chi connectivity index (χ1v) is 69.5. The second kappa shape index (κ2) is 93.7. The Bertz CT molecular complexity index is 3880. The predicted octanol–water partition coefficient (Wildman–Crippen LogP) is 48.5. The fraction of sp³-hybridized carbons (Fsp3) is 0.771. The second-order valence-electron chi connectivity index (χ2n) is 44.8. The fourth-order valence-electron chi connectivity index (χ4n) is 23.0. The minimum absolute atomic E-state index is 1.02. The van der Waals surface area contributed by atoms with E-state index in [0.717, 1.165) is 200 Å². The van der Waals surface area contributed by atoms with Crippen molar-refractivity contribution in [2.45, 2.75) is 697 Å². The monoisotopic (exact) mass is 2190 g/mol. The Kier molecular flexibility index (Phi) is 87.7. The van der Waals surface area contributed by atoms with E-state index in [1.807, 2.05) is 0 Å². The minimum atomic E-state index is 1.02. The molecule has 0 aromatic heterocycles. The van der Waals surface area contributed by atoms with Gasteiger partial charge in [0.2, 0.25) is 22.8 Å². The van der Waals surface area contributed by atoms with Crippen LogP contribution in [0.3, 0.4) is 0 Å². The van der Waals surface area contributed by atoms with Crippen LogP contribution in [0.4, 0.5) is 0 Å². The summed E-state index contributed by atoms with van der Waals surface area (Å²) in [6, 6.07) is 19.9. The molecule has 0 radical (unpaired) electrons. The van der Waals surface area contributed by atoms with Gasteiger partial charge in [0.15, 0.2) is 0 Å². The molecule has 2 aliphatic rings. The standard InChI is InChI=1S/C49H78N2.C43H66N2.2C22H45.2C2H5.2Pd/c1-9-17-25-33-47-46(32-24-16-8)48(42-34-38(26-18-10-2)44(30-22-14-6)39(35-42)27-19-11-3)51(50)49(47)43-36-40(28-20-12-4)45(31-23-15-7)41(37-43)29-21-13-5;1-9-17-19-27-41-40(26-18-10-2)42(36-28-32(20-11-3)38(24-15-7)33(29-36)21-12-4)45(44)43(41)37-30-34(22-13-5)39(25-16-8)35(31-37)23-14-6;2*1-3-5-7-9-11-13-15-17-19-21-22-20-18-16-14-12-10-8-6-4-2;2*1-2;;/h34-37H,9-33H2,1-8H3;28-31H,9-27H2,1-8H3;2*1,3-22H2,2H3;2*1H2,2H3;;. The number of nitrogens with zero attached hydrogens (tertiary/aromatic N) is 4. The Labute approximate surface area is 929 Å². The Morgan fingerprint density at radius 3 is 0.493 bits per heavy atom. The van der Waals surface area contributed by atoms with Crippen LogP contribution < -0.4 is 0 Å². The van der Waals surface area contributed by atoms with Crippen molar-refractivity contribution in [2.75, 3.05) is 0 Å². The first-order valence-electron chi connectivity index (χ1n) is 65.1. The average molecular weight is 2200 g/mol. The molecule has 0 bridgehead atoms. The molecule has 4 aromatic carbocycles. The molecule has 146 heavy (non-hydrogen) atoms. The Morgan fingerprint density at radius 2 is 0.308 bits per heavy atom. The van der Waals surface area contributed by atoms with Crippen molar-refractivity contribution in [3.05, 3.63) is 171 Å². The third-order valence-electron chi connectivity index (χ3n) is 31.5. The summed E-state index contributed by atoms with van der Waals surface area (Å²) in [4.78, 5) is 5.88. The molecule has 844 valence electrons. The maximum absolute atomic E-state index is 12.8. The number of benzene rings is 4. The molecule has 0 aliphatic carbocycles. The second-order valence-corrected chi connectivity index (χ2v) is 50.1. The first-order chi connectivity index (χ1) is 71.7. The number of hydrogen-bond donors (Lipinski definition) is 0. The average Bonchev–Trinajstić information content (AvgIpc) is 1.60. The molecule has 0 spiro atoms. The van der Waals surface area contributed by atoms with Crippen LogP contribution in [0.15, 0.2) is 70.8 Å². The Balaban J connectivity index is 0.000000550. The van der Waals surface area contributed by atoms with Gasteiger partial charge in [-0.3, -0.25) is 0 Å². The number of aryl methyl sites for hydroxylation is 8. The quantitative estimate of drug-likeness (QED) is 0.0240. The summed E-state index contributed by atoms with van der Waals surface area (Å²) in [7, 11) is 0. The molecule has 0 saturated heterocycles. The van der Waals surface area contributed by atoms with E-state index < -0.39 is 0 Å². The fourth-order valence-corrected chi connectivity index (χ4v) is 25.7. The summed E-state index contributed by atoms with van der Waals surface area (Å²) in [5, 5.41) is 0. The topological polar surface area (TPSA) is 50.6 Å². The van der Waals surface area contributed by atoms with Crippen molar-refractivity contribution in [3.8, 4) is 0 Å². The van der Waals surface area contributed by atoms with Gasteiger partial charge in [0, 0.05) is 44.5 Å². The van der Waals surface area contributed by atoms with E-state index in [2.05, 4.69) is 187 Å². The molecule has 2 heterocycles. The van der Waals surface area contributed by atoms with Crippen LogP contribution in [0.5, 0.6) is 0 Å². The molecule has 6 rings (SSSR count). The van der Waals surface area contributed by atoms with Gasteiger partial charge in [-0.1, -0.05) is 356 Å². The van der Waals surface area contributed by atoms with Crippen molar-refractivity contribution in [1.82, 2.24) is 0 Å². The van der Waals surface area contributed by atoms with Crippen molar-refractivity contribution < 1.29 is 45.4 Å². The van der Waals surface area contributed by atoms with Gasteiger partial charge < -0.3 is 11.1 Å². The molecule has 0 fully saturated rings. The van der Waals surface area contributed by atoms with Gasteiger partial charge in [0.05, 0.1) is 0 Å². The van der Waals surface area contributed by atoms with Gasteiger partial charge in [-0.15, -0.1) is 0 Å². The third-order valence-corrected chi connectivity index (χ3v) is 35.2. The molecule has 0 amide bonds. The Hall–Kier alpha value is -3.64. The van der Waals surface area contributed by atoms with Crippen molar-refractivity contribution in [1.29, 1.82) is 0 Å². The van der Waals surface area contributed by atoms with Crippen molar-refractivity contribution in [3.63, 3.8) is 0 Å². The SMILES string of the molecule is CCCCCC1=C(c2cc(CCC)c(CCC)c(CCC)c2)[N+](=[N-])C(c2cc(CCC)c(CCC)c(CCC)c2)=C1CCCC.CCCCCC1=C(c2cc(CCCC)c(CCCC)c(CCCC)c2)[N+](=[N-])C(c2cc(CCCC)c(CCCC)c(CCCC)c2)=C1CCCC.CCCCCCCCCCCCCCCCCCCCC[CH2][Pd][CH2]CCCCCCCCCCCCCCCCCCCCC.C[CH2][Pd][CH2]C. The third kappa shape index (κ3) is 56.1. The van der Waals surface area contributed by atoms with Gasteiger partial charge in [0.25, 0.3) is 0 Å².